The van der Waals surface area contributed by atoms with Crippen LogP contribution in [0.1, 0.15) is 21.5 Å². The molecule has 0 heterocycles. The minimum Gasteiger partial charge on any atom is -0.491 e. The Bertz CT molecular complexity index is 907. The summed E-state index contributed by atoms with van der Waals surface area (Å²) >= 11 is 0. The van der Waals surface area contributed by atoms with Gasteiger partial charge in [0.1, 0.15) is 19.0 Å². The van der Waals surface area contributed by atoms with Crippen LogP contribution in [0.15, 0.2) is 48.5 Å². The molecule has 0 unspecified atom stereocenters. The molecule has 0 aliphatic carbocycles. The number of benzene rings is 2. The Morgan fingerprint density at radius 1 is 0.912 bits per heavy atom. The highest BCUT2D eigenvalue weighted by Gasteiger charge is 2.36. The highest BCUT2D eigenvalue weighted by molar-refractivity contribution is 5.91. The van der Waals surface area contributed by atoms with Crippen LogP contribution in [-0.4, -0.2) is 58.8 Å². The van der Waals surface area contributed by atoms with Crippen LogP contribution in [0, 0.1) is 0 Å². The summed E-state index contributed by atoms with van der Waals surface area (Å²) in [6.45, 7) is 1.31. The number of rotatable bonds is 13. The smallest absolute Gasteiger partial charge is 0.417 e. The fraction of sp³-hybridized carbons (Fsp3) is 0.391. The Balaban J connectivity index is 1.54. The average Bonchev–Trinajstić information content (AvgIpc) is 2.83. The van der Waals surface area contributed by atoms with Crippen molar-refractivity contribution in [3.05, 3.63) is 65.2 Å². The highest BCUT2D eigenvalue weighted by atomic mass is 19.4. The summed E-state index contributed by atoms with van der Waals surface area (Å²) in [6, 6.07) is 12.3. The van der Waals surface area contributed by atoms with Crippen molar-refractivity contribution in [2.24, 2.45) is 0 Å². The fourth-order valence-electron chi connectivity index (χ4n) is 2.68. The van der Waals surface area contributed by atoms with Gasteiger partial charge >= 0.3 is 18.2 Å². The Hall–Kier alpha value is -3.31. The van der Waals surface area contributed by atoms with Gasteiger partial charge in [0.25, 0.3) is 0 Å². The van der Waals surface area contributed by atoms with Gasteiger partial charge in [-0.15, -0.1) is 0 Å². The largest absolute Gasteiger partial charge is 0.491 e. The topological polar surface area (TPSA) is 92.3 Å². The van der Waals surface area contributed by atoms with Crippen LogP contribution in [0.5, 0.6) is 5.75 Å². The van der Waals surface area contributed by atoms with Crippen LogP contribution < -0.4 is 10.1 Å². The van der Waals surface area contributed by atoms with Crippen LogP contribution in [0.25, 0.3) is 0 Å². The number of nitrogens with one attached hydrogen (secondary N) is 1. The minimum atomic E-state index is -4.73. The van der Waals surface area contributed by atoms with Gasteiger partial charge in [0, 0.05) is 6.54 Å². The maximum Gasteiger partial charge on any atom is 0.417 e. The summed E-state index contributed by atoms with van der Waals surface area (Å²) < 4.78 is 64.8. The summed E-state index contributed by atoms with van der Waals surface area (Å²) in [5, 5.41) is 2.56. The van der Waals surface area contributed by atoms with Crippen molar-refractivity contribution < 1.29 is 46.4 Å². The van der Waals surface area contributed by atoms with E-state index in [2.05, 4.69) is 10.1 Å². The van der Waals surface area contributed by atoms with Crippen molar-refractivity contribution in [3.63, 3.8) is 0 Å². The van der Waals surface area contributed by atoms with Crippen LogP contribution in [-0.2, 0) is 31.7 Å². The van der Waals surface area contributed by atoms with E-state index in [9.17, 15) is 22.8 Å². The molecule has 0 bridgehead atoms. The second kappa shape index (κ2) is 14.1. The quantitative estimate of drug-likeness (QED) is 0.341. The summed E-state index contributed by atoms with van der Waals surface area (Å²) in [5.41, 5.74) is -0.840. The molecule has 11 heteroatoms. The first kappa shape index (κ1) is 26.9. The van der Waals surface area contributed by atoms with Gasteiger partial charge in [0.05, 0.1) is 44.7 Å². The van der Waals surface area contributed by atoms with E-state index in [1.165, 1.54) is 6.07 Å². The van der Waals surface area contributed by atoms with Gasteiger partial charge in [0.2, 0.25) is 0 Å². The molecule has 186 valence electrons. The van der Waals surface area contributed by atoms with E-state index in [0.717, 1.165) is 24.8 Å². The molecule has 34 heavy (non-hydrogen) atoms. The first-order chi connectivity index (χ1) is 16.3. The van der Waals surface area contributed by atoms with E-state index in [1.807, 2.05) is 30.3 Å². The van der Waals surface area contributed by atoms with Gasteiger partial charge in [-0.05, 0) is 23.8 Å². The Morgan fingerprint density at radius 3 is 2.26 bits per heavy atom. The van der Waals surface area contributed by atoms with Crippen molar-refractivity contribution in [2.75, 3.05) is 46.7 Å². The normalized spacial score (nSPS) is 11.1. The average molecular weight is 485 g/mol. The second-order valence-corrected chi connectivity index (χ2v) is 6.76. The summed E-state index contributed by atoms with van der Waals surface area (Å²) in [7, 11) is 1.01. The van der Waals surface area contributed by atoms with Crippen molar-refractivity contribution in [3.8, 4) is 5.75 Å². The van der Waals surface area contributed by atoms with Crippen LogP contribution >= 0.6 is 0 Å². The predicted molar refractivity (Wildman–Crippen MR) is 115 cm³/mol. The summed E-state index contributed by atoms with van der Waals surface area (Å²) in [6.07, 6.45) is -5.28. The standard InChI is InChI=1S/C23H26F3NO7/c1-30-21(28)19-8-7-18(15-20(19)23(24,25)26)33-14-13-32-12-11-31-10-9-27-22(29)34-16-17-5-3-2-4-6-17/h2-8,15H,9-14,16H2,1H3,(H,27,29). The molecule has 0 aromatic heterocycles. The van der Waals surface area contributed by atoms with E-state index < -0.39 is 29.4 Å². The molecule has 0 spiro atoms. The summed E-state index contributed by atoms with van der Waals surface area (Å²) in [5.74, 6) is -1.13. The molecule has 0 radical (unpaired) electrons. The van der Waals surface area contributed by atoms with E-state index in [4.69, 9.17) is 18.9 Å². The zero-order chi connectivity index (χ0) is 24.8. The number of halogens is 3. The molecule has 2 rings (SSSR count). The van der Waals surface area contributed by atoms with Crippen molar-refractivity contribution in [2.45, 2.75) is 12.8 Å². The van der Waals surface area contributed by atoms with Gasteiger partial charge in [0.15, 0.2) is 0 Å². The van der Waals surface area contributed by atoms with Gasteiger partial charge < -0.3 is 29.0 Å². The first-order valence-electron chi connectivity index (χ1n) is 10.3. The number of alkyl halides is 3. The van der Waals surface area contributed by atoms with Crippen molar-refractivity contribution in [1.82, 2.24) is 5.32 Å². The fourth-order valence-corrected chi connectivity index (χ4v) is 2.68. The van der Waals surface area contributed by atoms with E-state index >= 15 is 0 Å². The number of hydrogen-bond donors (Lipinski definition) is 1. The number of methoxy groups -OCH3 is 1. The van der Waals surface area contributed by atoms with E-state index in [-0.39, 0.29) is 51.9 Å². The zero-order valence-electron chi connectivity index (χ0n) is 18.6. The molecule has 8 nitrogen and oxygen atoms in total. The molecule has 1 N–H and O–H groups in total. The van der Waals surface area contributed by atoms with Gasteiger partial charge in [-0.2, -0.15) is 13.2 Å². The molecular weight excluding hydrogens is 459 g/mol. The Morgan fingerprint density at radius 2 is 1.59 bits per heavy atom. The third kappa shape index (κ3) is 9.67. The predicted octanol–water partition coefficient (Wildman–Crippen LogP) is 3.83. The second-order valence-electron chi connectivity index (χ2n) is 6.76. The number of amides is 1. The highest BCUT2D eigenvalue weighted by Crippen LogP contribution is 2.34. The third-order valence-electron chi connectivity index (χ3n) is 4.30. The van der Waals surface area contributed by atoms with Crippen molar-refractivity contribution >= 4 is 12.1 Å². The number of alkyl carbamates (subject to hydrolysis) is 1. The number of ether oxygens (including phenoxy) is 5. The maximum atomic E-state index is 13.2. The minimum absolute atomic E-state index is 0.00365. The van der Waals surface area contributed by atoms with Crippen LogP contribution in [0.3, 0.4) is 0 Å². The lowest BCUT2D eigenvalue weighted by atomic mass is 10.1. The van der Waals surface area contributed by atoms with Gasteiger partial charge in [-0.1, -0.05) is 30.3 Å². The molecule has 0 atom stereocenters. The first-order valence-corrected chi connectivity index (χ1v) is 10.3. The maximum absolute atomic E-state index is 13.2. The monoisotopic (exact) mass is 485 g/mol. The molecule has 2 aromatic rings. The molecule has 0 saturated carbocycles. The Kier molecular flexibility index (Phi) is 11.1. The lowest BCUT2D eigenvalue weighted by molar-refractivity contribution is -0.138. The lowest BCUT2D eigenvalue weighted by Crippen LogP contribution is -2.28. The van der Waals surface area contributed by atoms with E-state index in [0.29, 0.717) is 0 Å². The van der Waals surface area contributed by atoms with E-state index in [1.54, 1.807) is 0 Å². The SMILES string of the molecule is COC(=O)c1ccc(OCCOCCOCCNC(=O)OCc2ccccc2)cc1C(F)(F)F. The zero-order valence-corrected chi connectivity index (χ0v) is 18.6. The third-order valence-corrected chi connectivity index (χ3v) is 4.30. The molecular formula is C23H26F3NO7. The number of carbonyl (C=O) groups is 2. The number of esters is 1. The lowest BCUT2D eigenvalue weighted by Gasteiger charge is -2.14. The molecule has 0 aliphatic heterocycles. The Labute approximate surface area is 194 Å². The molecule has 0 aliphatic rings. The molecule has 2 aromatic carbocycles. The van der Waals surface area contributed by atoms with Gasteiger partial charge in [-0.25, -0.2) is 9.59 Å². The number of hydrogen-bond acceptors (Lipinski definition) is 7. The number of carbonyl (C=O) groups excluding carboxylic acids is 2. The van der Waals surface area contributed by atoms with Gasteiger partial charge in [-0.3, -0.25) is 0 Å². The van der Waals surface area contributed by atoms with Crippen molar-refractivity contribution in [1.29, 1.82) is 0 Å². The molecule has 0 saturated heterocycles. The molecule has 0 fully saturated rings. The van der Waals surface area contributed by atoms with Crippen LogP contribution in [0.4, 0.5) is 18.0 Å². The summed E-state index contributed by atoms with van der Waals surface area (Å²) in [4.78, 5) is 23.1. The molecule has 1 amide bonds. The van der Waals surface area contributed by atoms with Crippen LogP contribution in [0.2, 0.25) is 0 Å².